The number of amides is 1. The number of esters is 1. The highest BCUT2D eigenvalue weighted by atomic mass is 19.1. The molecule has 1 heterocycles. The standard InChI is InChI=1S/C34H29F2N3O3/c1-34(38)18-24-7-4-6-23(31(24)36)11-14-30(22-9-12-28(35)13-10-22)39-32(40)27-16-21(20-42-33(34)41)15-26(17-27)29-8-3-2-5-25(29)19-37/h2-10,12-13,15-17,30H,11,14,18,20,38H2,1H3,(H,39,40)/t30-,34-/m1/s1. The first-order valence-corrected chi connectivity index (χ1v) is 13.6. The molecule has 0 spiro atoms. The van der Waals surface area contributed by atoms with Crippen molar-refractivity contribution in [2.45, 2.75) is 44.4 Å². The second-order valence-electron chi connectivity index (χ2n) is 10.8. The molecular formula is C34H29F2N3O3. The van der Waals surface area contributed by atoms with Gasteiger partial charge in [-0.2, -0.15) is 5.26 Å². The Balaban J connectivity index is 1.61. The van der Waals surface area contributed by atoms with Gasteiger partial charge in [0.2, 0.25) is 0 Å². The van der Waals surface area contributed by atoms with Crippen molar-refractivity contribution in [2.24, 2.45) is 5.73 Å². The quantitative estimate of drug-likeness (QED) is 0.294. The summed E-state index contributed by atoms with van der Waals surface area (Å²) in [6, 6.07) is 24.4. The minimum absolute atomic E-state index is 0.0789. The molecule has 0 radical (unpaired) electrons. The van der Waals surface area contributed by atoms with Crippen LogP contribution in [-0.2, 0) is 29.0 Å². The summed E-state index contributed by atoms with van der Waals surface area (Å²) < 4.78 is 34.9. The van der Waals surface area contributed by atoms with E-state index >= 15 is 4.39 Å². The molecule has 1 amide bonds. The highest BCUT2D eigenvalue weighted by Crippen LogP contribution is 2.29. The largest absolute Gasteiger partial charge is 0.459 e. The van der Waals surface area contributed by atoms with Crippen molar-refractivity contribution in [3.05, 3.63) is 130 Å². The van der Waals surface area contributed by atoms with Crippen molar-refractivity contribution in [3.63, 3.8) is 0 Å². The maximum atomic E-state index is 15.6. The van der Waals surface area contributed by atoms with Gasteiger partial charge in [-0.3, -0.25) is 9.59 Å². The zero-order valence-corrected chi connectivity index (χ0v) is 23.0. The highest BCUT2D eigenvalue weighted by Gasteiger charge is 2.32. The van der Waals surface area contributed by atoms with Gasteiger partial charge in [-0.1, -0.05) is 48.5 Å². The van der Waals surface area contributed by atoms with Crippen LogP contribution in [-0.4, -0.2) is 17.4 Å². The van der Waals surface area contributed by atoms with Gasteiger partial charge in [0.25, 0.3) is 5.91 Å². The number of aryl methyl sites for hydroxylation is 1. The average molecular weight is 566 g/mol. The molecule has 1 aliphatic rings. The number of carbonyl (C=O) groups excluding carboxylic acids is 2. The molecule has 8 heteroatoms. The van der Waals surface area contributed by atoms with Crippen molar-refractivity contribution < 1.29 is 23.1 Å². The van der Waals surface area contributed by atoms with Gasteiger partial charge in [-0.15, -0.1) is 0 Å². The van der Waals surface area contributed by atoms with Crippen LogP contribution in [0.5, 0.6) is 0 Å². The van der Waals surface area contributed by atoms with Gasteiger partial charge in [0.15, 0.2) is 0 Å². The average Bonchev–Trinajstić information content (AvgIpc) is 2.99. The third kappa shape index (κ3) is 6.22. The third-order valence-electron chi connectivity index (χ3n) is 7.45. The number of halogens is 2. The van der Waals surface area contributed by atoms with Crippen LogP contribution >= 0.6 is 0 Å². The van der Waals surface area contributed by atoms with E-state index < -0.39 is 35.1 Å². The van der Waals surface area contributed by atoms with Gasteiger partial charge in [0.05, 0.1) is 17.7 Å². The fourth-order valence-electron chi connectivity index (χ4n) is 5.20. The van der Waals surface area contributed by atoms with Crippen LogP contribution in [0.2, 0.25) is 0 Å². The Morgan fingerprint density at radius 1 is 0.952 bits per heavy atom. The summed E-state index contributed by atoms with van der Waals surface area (Å²) in [4.78, 5) is 26.8. The van der Waals surface area contributed by atoms with E-state index in [1.807, 2.05) is 0 Å². The molecule has 4 bridgehead atoms. The maximum absolute atomic E-state index is 15.6. The molecule has 212 valence electrons. The number of nitriles is 1. The number of ether oxygens (including phenoxy) is 1. The first kappa shape index (κ1) is 28.7. The van der Waals surface area contributed by atoms with Crippen LogP contribution in [0.1, 0.15) is 57.6 Å². The molecule has 0 fully saturated rings. The molecule has 0 aromatic heterocycles. The third-order valence-corrected chi connectivity index (χ3v) is 7.45. The van der Waals surface area contributed by atoms with Gasteiger partial charge < -0.3 is 15.8 Å². The number of hydrogen-bond donors (Lipinski definition) is 2. The van der Waals surface area contributed by atoms with Gasteiger partial charge in [-0.25, -0.2) is 8.78 Å². The number of hydrogen-bond acceptors (Lipinski definition) is 5. The van der Waals surface area contributed by atoms with E-state index in [2.05, 4.69) is 11.4 Å². The van der Waals surface area contributed by atoms with Crippen molar-refractivity contribution in [1.82, 2.24) is 5.32 Å². The monoisotopic (exact) mass is 565 g/mol. The summed E-state index contributed by atoms with van der Waals surface area (Å²) in [6.45, 7) is 1.30. The first-order valence-electron chi connectivity index (χ1n) is 13.6. The van der Waals surface area contributed by atoms with Crippen molar-refractivity contribution >= 4 is 11.9 Å². The molecule has 3 N–H and O–H groups in total. The normalized spacial score (nSPS) is 19.4. The van der Waals surface area contributed by atoms with Crippen molar-refractivity contribution in [3.8, 4) is 17.2 Å². The Bertz CT molecular complexity index is 1690. The van der Waals surface area contributed by atoms with Crippen LogP contribution in [0.3, 0.4) is 0 Å². The van der Waals surface area contributed by atoms with Gasteiger partial charge in [0, 0.05) is 12.0 Å². The maximum Gasteiger partial charge on any atom is 0.326 e. The SMILES string of the molecule is C[C@@]1(N)Cc2cccc(c2F)CC[C@H](c2ccc(F)cc2)NC(=O)c2cc(cc(-c3ccccc3C#N)c2)COC1=O. The summed E-state index contributed by atoms with van der Waals surface area (Å²) in [5.41, 5.74) is 8.58. The molecule has 4 aromatic carbocycles. The van der Waals surface area contributed by atoms with Crippen LogP contribution < -0.4 is 11.1 Å². The summed E-state index contributed by atoms with van der Waals surface area (Å²) in [7, 11) is 0. The smallest absolute Gasteiger partial charge is 0.326 e. The number of rotatable bonds is 2. The van der Waals surface area contributed by atoms with Crippen molar-refractivity contribution in [1.29, 1.82) is 5.26 Å². The molecule has 5 rings (SSSR count). The topological polar surface area (TPSA) is 105 Å². The van der Waals surface area contributed by atoms with E-state index in [1.54, 1.807) is 72.8 Å². The van der Waals surface area contributed by atoms with E-state index in [1.165, 1.54) is 19.1 Å². The lowest BCUT2D eigenvalue weighted by molar-refractivity contribution is -0.150. The summed E-state index contributed by atoms with van der Waals surface area (Å²) >= 11 is 0. The van der Waals surface area contributed by atoms with Crippen LogP contribution in [0.4, 0.5) is 8.78 Å². The number of nitrogens with two attached hydrogens (primary N) is 1. The number of cyclic esters (lactones) is 1. The van der Waals surface area contributed by atoms with E-state index in [-0.39, 0.29) is 30.6 Å². The fraction of sp³-hybridized carbons (Fsp3) is 0.206. The fourth-order valence-corrected chi connectivity index (χ4v) is 5.20. The number of carbonyl (C=O) groups is 2. The van der Waals surface area contributed by atoms with E-state index in [9.17, 15) is 19.2 Å². The molecule has 1 aliphatic heterocycles. The minimum atomic E-state index is -1.52. The lowest BCUT2D eigenvalue weighted by Gasteiger charge is -2.24. The second-order valence-corrected chi connectivity index (χ2v) is 10.8. The zero-order chi connectivity index (χ0) is 29.9. The Morgan fingerprint density at radius 3 is 2.43 bits per heavy atom. The van der Waals surface area contributed by atoms with Crippen LogP contribution in [0.25, 0.3) is 11.1 Å². The molecule has 4 aromatic rings. The molecule has 0 saturated carbocycles. The lowest BCUT2D eigenvalue weighted by atomic mass is 9.91. The highest BCUT2D eigenvalue weighted by molar-refractivity contribution is 5.96. The summed E-state index contributed by atoms with van der Waals surface area (Å²) in [6.07, 6.45) is 0.503. The Morgan fingerprint density at radius 2 is 1.67 bits per heavy atom. The Hall–Kier alpha value is -4.87. The predicted octanol–water partition coefficient (Wildman–Crippen LogP) is 5.92. The second kappa shape index (κ2) is 11.9. The van der Waals surface area contributed by atoms with Crippen LogP contribution in [0, 0.1) is 23.0 Å². The number of nitrogens with one attached hydrogen (secondary N) is 1. The van der Waals surface area contributed by atoms with Gasteiger partial charge in [0.1, 0.15) is 23.8 Å². The van der Waals surface area contributed by atoms with Gasteiger partial charge in [-0.05, 0) is 89.5 Å². The molecule has 0 saturated heterocycles. The molecule has 42 heavy (non-hydrogen) atoms. The molecule has 0 unspecified atom stereocenters. The molecule has 6 nitrogen and oxygen atoms in total. The molecule has 0 aliphatic carbocycles. The van der Waals surface area contributed by atoms with E-state index in [0.29, 0.717) is 39.8 Å². The summed E-state index contributed by atoms with van der Waals surface area (Å²) in [5, 5.41) is 12.7. The van der Waals surface area contributed by atoms with E-state index in [4.69, 9.17) is 10.5 Å². The number of fused-ring (bicyclic) bond motifs is 4. The molecular weight excluding hydrogens is 536 g/mol. The van der Waals surface area contributed by atoms with E-state index in [0.717, 1.165) is 0 Å². The Labute approximate surface area is 242 Å². The van der Waals surface area contributed by atoms with Crippen LogP contribution in [0.15, 0.2) is 84.9 Å². The molecule has 2 atom stereocenters. The van der Waals surface area contributed by atoms with Gasteiger partial charge >= 0.3 is 5.97 Å². The number of nitrogens with zero attached hydrogens (tertiary/aromatic N) is 1. The Kier molecular flexibility index (Phi) is 8.14. The zero-order valence-electron chi connectivity index (χ0n) is 23.0. The first-order chi connectivity index (χ1) is 20.1. The lowest BCUT2D eigenvalue weighted by Crippen LogP contribution is -2.48. The minimum Gasteiger partial charge on any atom is -0.459 e. The predicted molar refractivity (Wildman–Crippen MR) is 154 cm³/mol. The number of benzene rings is 4. The summed E-state index contributed by atoms with van der Waals surface area (Å²) in [5.74, 6) is -2.03. The van der Waals surface area contributed by atoms with Crippen molar-refractivity contribution in [2.75, 3.05) is 0 Å².